The molecule has 2 aromatic rings. The Kier molecular flexibility index (Phi) is 7.94. The van der Waals surface area contributed by atoms with Crippen LogP contribution in [0.15, 0.2) is 59.5 Å². The molecule has 0 heterocycles. The van der Waals surface area contributed by atoms with Gasteiger partial charge in [-0.2, -0.15) is 0 Å². The summed E-state index contributed by atoms with van der Waals surface area (Å²) in [5.74, 6) is -1.29. The third-order valence-corrected chi connectivity index (χ3v) is 6.30. The van der Waals surface area contributed by atoms with E-state index in [4.69, 9.17) is 9.47 Å². The topological polar surface area (TPSA) is 102 Å². The number of thioether (sulfide) groups is 1. The van der Waals surface area contributed by atoms with Crippen molar-refractivity contribution in [3.63, 3.8) is 0 Å². The van der Waals surface area contributed by atoms with E-state index in [-0.39, 0.29) is 17.4 Å². The van der Waals surface area contributed by atoms with Gasteiger partial charge in [0.1, 0.15) is 0 Å². The van der Waals surface area contributed by atoms with Crippen molar-refractivity contribution in [2.24, 2.45) is 11.8 Å². The molecule has 0 saturated heterocycles. The number of hydrogen-bond donors (Lipinski definition) is 2. The van der Waals surface area contributed by atoms with E-state index < -0.39 is 17.8 Å². The minimum atomic E-state index is -0.958. The average molecular weight is 456 g/mol. The number of ketones is 1. The van der Waals surface area contributed by atoms with Crippen LogP contribution in [-0.4, -0.2) is 42.7 Å². The molecule has 0 fully saturated rings. The maximum Gasteiger partial charge on any atom is 0.307 e. The fourth-order valence-corrected chi connectivity index (χ4v) is 4.28. The van der Waals surface area contributed by atoms with Gasteiger partial charge in [-0.15, -0.1) is 11.8 Å². The van der Waals surface area contributed by atoms with E-state index in [1.165, 1.54) is 26.0 Å². The lowest BCUT2D eigenvalue weighted by Crippen LogP contribution is -2.34. The lowest BCUT2D eigenvalue weighted by atomic mass is 9.82. The highest BCUT2D eigenvalue weighted by Crippen LogP contribution is 2.30. The molecule has 0 aliphatic heterocycles. The molecule has 2 atom stereocenters. The van der Waals surface area contributed by atoms with Crippen molar-refractivity contribution < 1.29 is 29.0 Å². The molecule has 1 aliphatic carbocycles. The van der Waals surface area contributed by atoms with Crippen molar-refractivity contribution >= 4 is 35.1 Å². The summed E-state index contributed by atoms with van der Waals surface area (Å²) in [6, 6.07) is 12.2. The average Bonchev–Trinajstić information content (AvgIpc) is 2.82. The second kappa shape index (κ2) is 10.9. The number of carboxylic acids is 1. The second-order valence-electron chi connectivity index (χ2n) is 7.29. The van der Waals surface area contributed by atoms with Crippen molar-refractivity contribution in [2.45, 2.75) is 17.7 Å². The Bertz CT molecular complexity index is 1020. The molecule has 0 radical (unpaired) electrons. The van der Waals surface area contributed by atoms with Gasteiger partial charge in [-0.25, -0.2) is 0 Å². The van der Waals surface area contributed by atoms with Crippen molar-refractivity contribution in [1.29, 1.82) is 0 Å². The van der Waals surface area contributed by atoms with Crippen molar-refractivity contribution in [3.05, 3.63) is 60.2 Å². The normalized spacial score (nSPS) is 17.4. The number of carbonyl (C=O) groups is 3. The van der Waals surface area contributed by atoms with Gasteiger partial charge in [0.15, 0.2) is 17.3 Å². The molecule has 0 spiro atoms. The first kappa shape index (κ1) is 23.4. The summed E-state index contributed by atoms with van der Waals surface area (Å²) >= 11 is 1.39. The monoisotopic (exact) mass is 455 g/mol. The number of amides is 1. The number of nitrogens with one attached hydrogen (secondary N) is 1. The highest BCUT2D eigenvalue weighted by molar-refractivity contribution is 8.00. The van der Waals surface area contributed by atoms with Gasteiger partial charge in [-0.05, 0) is 55.3 Å². The van der Waals surface area contributed by atoms with Crippen LogP contribution in [0.25, 0.3) is 0 Å². The van der Waals surface area contributed by atoms with Gasteiger partial charge < -0.3 is 19.9 Å². The van der Waals surface area contributed by atoms with Crippen LogP contribution < -0.4 is 14.8 Å². The van der Waals surface area contributed by atoms with E-state index in [0.29, 0.717) is 35.6 Å². The number of Topliss-reactive ketones (excluding diaryl/α,β-unsaturated/α-hetero) is 1. The van der Waals surface area contributed by atoms with Crippen LogP contribution in [0.1, 0.15) is 23.2 Å². The van der Waals surface area contributed by atoms with E-state index in [1.54, 1.807) is 36.4 Å². The molecule has 0 aromatic heterocycles. The summed E-state index contributed by atoms with van der Waals surface area (Å²) in [6.07, 6.45) is 4.42. The number of rotatable bonds is 9. The third-order valence-electron chi connectivity index (χ3n) is 5.28. The summed E-state index contributed by atoms with van der Waals surface area (Å²) < 4.78 is 10.4. The van der Waals surface area contributed by atoms with Crippen molar-refractivity contribution in [3.8, 4) is 11.5 Å². The van der Waals surface area contributed by atoms with E-state index in [1.807, 2.05) is 18.2 Å². The highest BCUT2D eigenvalue weighted by atomic mass is 32.2. The van der Waals surface area contributed by atoms with Crippen LogP contribution in [0.5, 0.6) is 11.5 Å². The largest absolute Gasteiger partial charge is 0.493 e. The molecular formula is C24H25NO6S. The zero-order valence-corrected chi connectivity index (χ0v) is 18.7. The maximum absolute atomic E-state index is 12.6. The number of anilines is 1. The third kappa shape index (κ3) is 5.70. The molecule has 1 amide bonds. The predicted molar refractivity (Wildman–Crippen MR) is 123 cm³/mol. The van der Waals surface area contributed by atoms with Crippen LogP contribution in [0.3, 0.4) is 0 Å². The zero-order chi connectivity index (χ0) is 23.1. The summed E-state index contributed by atoms with van der Waals surface area (Å²) in [5, 5.41) is 12.1. The molecule has 2 N–H and O–H groups in total. The first-order valence-electron chi connectivity index (χ1n) is 10.1. The quantitative estimate of drug-likeness (QED) is 0.330. The first-order chi connectivity index (χ1) is 15.4. The minimum absolute atomic E-state index is 0.0431. The molecule has 2 aromatic carbocycles. The van der Waals surface area contributed by atoms with Crippen molar-refractivity contribution in [1.82, 2.24) is 0 Å². The second-order valence-corrected chi connectivity index (χ2v) is 8.34. The van der Waals surface area contributed by atoms with E-state index in [9.17, 15) is 19.5 Å². The predicted octanol–water partition coefficient (Wildman–Crippen LogP) is 4.28. The summed E-state index contributed by atoms with van der Waals surface area (Å²) in [7, 11) is 3.06. The van der Waals surface area contributed by atoms with E-state index in [0.717, 1.165) is 4.90 Å². The Morgan fingerprint density at radius 2 is 1.62 bits per heavy atom. The number of allylic oxidation sites excluding steroid dienone is 2. The van der Waals surface area contributed by atoms with Gasteiger partial charge in [0.05, 0.1) is 31.8 Å². The SMILES string of the molecule is COc1ccc(C(=O)CSc2ccc(NC(=O)C3CC=CCC3C(=O)O)cc2)cc1OC. The maximum atomic E-state index is 12.6. The standard InChI is InChI=1S/C24H25NO6S/c1-30-21-12-7-15(13-22(21)31-2)20(26)14-32-17-10-8-16(9-11-17)25-23(27)18-5-3-4-6-19(18)24(28)29/h3-4,7-13,18-19H,5-6,14H2,1-2H3,(H,25,27)(H,28,29). The molecule has 168 valence electrons. The minimum Gasteiger partial charge on any atom is -0.493 e. The Labute approximate surface area is 190 Å². The number of carboxylic acid groups (broad SMARTS) is 1. The first-order valence-corrected chi connectivity index (χ1v) is 11.1. The zero-order valence-electron chi connectivity index (χ0n) is 17.9. The van der Waals surface area contributed by atoms with Crippen molar-refractivity contribution in [2.75, 3.05) is 25.3 Å². The van der Waals surface area contributed by atoms with Gasteiger partial charge >= 0.3 is 5.97 Å². The Morgan fingerprint density at radius 1 is 0.969 bits per heavy atom. The molecular weight excluding hydrogens is 430 g/mol. The number of methoxy groups -OCH3 is 2. The van der Waals surface area contributed by atoms with Gasteiger partial charge in [0, 0.05) is 16.1 Å². The molecule has 0 saturated carbocycles. The number of hydrogen-bond acceptors (Lipinski definition) is 6. The number of carbonyl (C=O) groups excluding carboxylic acids is 2. The molecule has 8 heteroatoms. The van der Waals surface area contributed by atoms with Crippen LogP contribution >= 0.6 is 11.8 Å². The summed E-state index contributed by atoms with van der Waals surface area (Å²) in [4.78, 5) is 37.4. The lowest BCUT2D eigenvalue weighted by molar-refractivity contribution is -0.146. The number of benzene rings is 2. The molecule has 2 unspecified atom stereocenters. The van der Waals surface area contributed by atoms with Crippen LogP contribution in [0, 0.1) is 11.8 Å². The van der Waals surface area contributed by atoms with Gasteiger partial charge in [0.25, 0.3) is 0 Å². The van der Waals surface area contributed by atoms with Crippen LogP contribution in [0.4, 0.5) is 5.69 Å². The molecule has 7 nitrogen and oxygen atoms in total. The van der Waals surface area contributed by atoms with Gasteiger partial charge in [-0.3, -0.25) is 14.4 Å². The molecule has 32 heavy (non-hydrogen) atoms. The Morgan fingerprint density at radius 3 is 2.25 bits per heavy atom. The number of ether oxygens (including phenoxy) is 2. The van der Waals surface area contributed by atoms with E-state index in [2.05, 4.69) is 5.32 Å². The molecule has 0 bridgehead atoms. The van der Waals surface area contributed by atoms with Crippen LogP contribution in [0.2, 0.25) is 0 Å². The molecule has 3 rings (SSSR count). The van der Waals surface area contributed by atoms with E-state index >= 15 is 0 Å². The Hall–Kier alpha value is -3.26. The fraction of sp³-hybridized carbons (Fsp3) is 0.292. The lowest BCUT2D eigenvalue weighted by Gasteiger charge is -2.24. The summed E-state index contributed by atoms with van der Waals surface area (Å²) in [6.45, 7) is 0. The Balaban J connectivity index is 1.57. The highest BCUT2D eigenvalue weighted by Gasteiger charge is 2.33. The smallest absolute Gasteiger partial charge is 0.307 e. The number of aliphatic carboxylic acids is 1. The fourth-order valence-electron chi connectivity index (χ4n) is 3.49. The van der Waals surface area contributed by atoms with Crippen LogP contribution in [-0.2, 0) is 9.59 Å². The summed E-state index contributed by atoms with van der Waals surface area (Å²) in [5.41, 5.74) is 1.12. The molecule has 1 aliphatic rings. The van der Waals surface area contributed by atoms with Gasteiger partial charge in [-0.1, -0.05) is 12.2 Å². The van der Waals surface area contributed by atoms with Gasteiger partial charge in [0.2, 0.25) is 5.91 Å².